The zero-order valence-electron chi connectivity index (χ0n) is 17.1. The first kappa shape index (κ1) is 19.5. The van der Waals surface area contributed by atoms with Gasteiger partial charge in [-0.05, 0) is 67.6 Å². The maximum absolute atomic E-state index is 13.2. The van der Waals surface area contributed by atoms with Crippen molar-refractivity contribution < 1.29 is 9.18 Å². The van der Waals surface area contributed by atoms with Crippen LogP contribution in [0.1, 0.15) is 31.2 Å². The molecule has 158 valence electrons. The molecule has 3 aromatic rings. The number of halogens is 1. The number of aromatic nitrogens is 2. The van der Waals surface area contributed by atoms with Crippen LogP contribution in [0, 0.1) is 5.82 Å². The quantitative estimate of drug-likeness (QED) is 0.612. The fraction of sp³-hybridized carbons (Fsp3) is 0.292. The maximum atomic E-state index is 13.2. The van der Waals surface area contributed by atoms with Crippen molar-refractivity contribution in [1.82, 2.24) is 10.2 Å². The van der Waals surface area contributed by atoms with E-state index in [9.17, 15) is 9.18 Å². The summed E-state index contributed by atoms with van der Waals surface area (Å²) in [6.07, 6.45) is 5.76. The normalized spacial score (nSPS) is 16.7. The van der Waals surface area contributed by atoms with E-state index in [1.165, 1.54) is 25.0 Å². The van der Waals surface area contributed by atoms with E-state index in [2.05, 4.69) is 25.7 Å². The van der Waals surface area contributed by atoms with Gasteiger partial charge in [-0.2, -0.15) is 5.10 Å². The minimum Gasteiger partial charge on any atom is -0.370 e. The van der Waals surface area contributed by atoms with Gasteiger partial charge in [0.25, 0.3) is 0 Å². The van der Waals surface area contributed by atoms with Gasteiger partial charge in [-0.3, -0.25) is 4.79 Å². The van der Waals surface area contributed by atoms with Crippen molar-refractivity contribution >= 4 is 28.8 Å². The molecule has 1 aliphatic carbocycles. The third kappa shape index (κ3) is 4.08. The third-order valence-electron chi connectivity index (χ3n) is 6.11. The monoisotopic (exact) mass is 417 g/mol. The molecule has 2 N–H and O–H groups in total. The van der Waals surface area contributed by atoms with Crippen molar-refractivity contribution in [3.05, 3.63) is 72.2 Å². The summed E-state index contributed by atoms with van der Waals surface area (Å²) >= 11 is 0. The van der Waals surface area contributed by atoms with Gasteiger partial charge in [0.05, 0.1) is 17.3 Å². The molecule has 6 nitrogen and oxygen atoms in total. The molecule has 1 saturated heterocycles. The number of hydrogen-bond acceptors (Lipinski definition) is 5. The Bertz CT molecular complexity index is 1070. The molecule has 1 aliphatic heterocycles. The SMILES string of the molecule is O=C(Nc1ccc(Nc2cc(N3CCCC3)cnn2)cc1)C1(c2ccc(F)cc2)CC1. The van der Waals surface area contributed by atoms with E-state index in [0.717, 1.165) is 48.6 Å². The molecule has 2 fully saturated rings. The van der Waals surface area contributed by atoms with Gasteiger partial charge in [0.15, 0.2) is 5.82 Å². The fourth-order valence-electron chi connectivity index (χ4n) is 4.14. The number of rotatable bonds is 6. The molecule has 1 saturated carbocycles. The van der Waals surface area contributed by atoms with Crippen LogP contribution in [0.15, 0.2) is 60.8 Å². The van der Waals surface area contributed by atoms with Gasteiger partial charge >= 0.3 is 0 Å². The average molecular weight is 417 g/mol. The van der Waals surface area contributed by atoms with Crippen LogP contribution in [0.3, 0.4) is 0 Å². The zero-order chi connectivity index (χ0) is 21.3. The van der Waals surface area contributed by atoms with Gasteiger partial charge < -0.3 is 15.5 Å². The lowest BCUT2D eigenvalue weighted by molar-refractivity contribution is -0.118. The minimum absolute atomic E-state index is 0.0519. The highest BCUT2D eigenvalue weighted by molar-refractivity contribution is 6.01. The Morgan fingerprint density at radius 2 is 1.65 bits per heavy atom. The predicted octanol–water partition coefficient (Wildman–Crippen LogP) is 4.63. The van der Waals surface area contributed by atoms with Crippen molar-refractivity contribution in [1.29, 1.82) is 0 Å². The zero-order valence-corrected chi connectivity index (χ0v) is 17.1. The maximum Gasteiger partial charge on any atom is 0.235 e. The molecular weight excluding hydrogens is 393 g/mol. The van der Waals surface area contributed by atoms with Gasteiger partial charge in [0.2, 0.25) is 5.91 Å². The largest absolute Gasteiger partial charge is 0.370 e. The molecule has 0 atom stereocenters. The second kappa shape index (κ2) is 7.98. The molecule has 2 aliphatic rings. The summed E-state index contributed by atoms with van der Waals surface area (Å²) in [5, 5.41) is 14.6. The van der Waals surface area contributed by atoms with E-state index >= 15 is 0 Å². The average Bonchev–Trinajstić information content (AvgIpc) is 3.42. The second-order valence-electron chi connectivity index (χ2n) is 8.24. The number of nitrogens with one attached hydrogen (secondary N) is 2. The van der Waals surface area contributed by atoms with Crippen LogP contribution in [0.25, 0.3) is 0 Å². The van der Waals surface area contributed by atoms with Crippen LogP contribution in [-0.4, -0.2) is 29.2 Å². The summed E-state index contributed by atoms with van der Waals surface area (Å²) in [4.78, 5) is 15.2. The first-order chi connectivity index (χ1) is 15.1. The van der Waals surface area contributed by atoms with Crippen LogP contribution in [-0.2, 0) is 10.2 Å². The molecule has 1 aromatic heterocycles. The van der Waals surface area contributed by atoms with Crippen LogP contribution in [0.2, 0.25) is 0 Å². The first-order valence-corrected chi connectivity index (χ1v) is 10.6. The van der Waals surface area contributed by atoms with Crippen LogP contribution < -0.4 is 15.5 Å². The topological polar surface area (TPSA) is 70.2 Å². The van der Waals surface area contributed by atoms with E-state index in [0.29, 0.717) is 5.82 Å². The van der Waals surface area contributed by atoms with E-state index in [4.69, 9.17) is 0 Å². The number of anilines is 4. The van der Waals surface area contributed by atoms with Crippen LogP contribution in [0.4, 0.5) is 27.3 Å². The number of nitrogens with zero attached hydrogens (tertiary/aromatic N) is 3. The third-order valence-corrected chi connectivity index (χ3v) is 6.11. The Kier molecular flexibility index (Phi) is 5.02. The van der Waals surface area contributed by atoms with Crippen molar-refractivity contribution in [2.45, 2.75) is 31.1 Å². The number of amides is 1. The lowest BCUT2D eigenvalue weighted by atomic mass is 9.95. The summed E-state index contributed by atoms with van der Waals surface area (Å²) in [5.74, 6) is 0.345. The second-order valence-corrected chi connectivity index (χ2v) is 8.24. The highest BCUT2D eigenvalue weighted by Crippen LogP contribution is 2.49. The molecule has 7 heteroatoms. The highest BCUT2D eigenvalue weighted by atomic mass is 19.1. The molecule has 0 bridgehead atoms. The Balaban J connectivity index is 1.24. The standard InChI is InChI=1S/C24H24FN5O/c25-18-5-3-17(4-6-18)24(11-12-24)23(31)28-20-9-7-19(8-10-20)27-22-15-21(16-26-29-22)30-13-1-2-14-30/h3-10,15-16H,1-2,11-14H2,(H,27,29)(H,28,31). The van der Waals surface area contributed by atoms with Crippen molar-refractivity contribution in [2.24, 2.45) is 0 Å². The Morgan fingerprint density at radius 3 is 2.32 bits per heavy atom. The van der Waals surface area contributed by atoms with Gasteiger partial charge in [-0.15, -0.1) is 5.10 Å². The Hall–Kier alpha value is -3.48. The minimum atomic E-state index is -0.545. The lowest BCUT2D eigenvalue weighted by Gasteiger charge is -2.17. The smallest absolute Gasteiger partial charge is 0.235 e. The van der Waals surface area contributed by atoms with E-state index in [1.54, 1.807) is 18.3 Å². The molecule has 1 amide bonds. The molecule has 2 aromatic carbocycles. The van der Waals surface area contributed by atoms with E-state index in [1.807, 2.05) is 30.3 Å². The number of carbonyl (C=O) groups excluding carboxylic acids is 1. The molecular formula is C24H24FN5O. The predicted molar refractivity (Wildman–Crippen MR) is 119 cm³/mol. The summed E-state index contributed by atoms with van der Waals surface area (Å²) in [5.41, 5.74) is 2.98. The van der Waals surface area contributed by atoms with Crippen molar-refractivity contribution in [3.63, 3.8) is 0 Å². The van der Waals surface area contributed by atoms with Crippen LogP contribution >= 0.6 is 0 Å². The molecule has 0 spiro atoms. The first-order valence-electron chi connectivity index (χ1n) is 10.6. The van der Waals surface area contributed by atoms with Gasteiger partial charge in [-0.25, -0.2) is 4.39 Å². The van der Waals surface area contributed by atoms with E-state index < -0.39 is 5.41 Å². The summed E-state index contributed by atoms with van der Waals surface area (Å²) in [6, 6.07) is 15.7. The number of carbonyl (C=O) groups is 1. The van der Waals surface area contributed by atoms with Gasteiger partial charge in [-0.1, -0.05) is 12.1 Å². The molecule has 2 heterocycles. The lowest BCUT2D eigenvalue weighted by Crippen LogP contribution is -2.27. The van der Waals surface area contributed by atoms with Gasteiger partial charge in [0.1, 0.15) is 5.82 Å². The Labute approximate surface area is 180 Å². The fourth-order valence-corrected chi connectivity index (χ4v) is 4.14. The summed E-state index contributed by atoms with van der Waals surface area (Å²) in [7, 11) is 0. The molecule has 0 radical (unpaired) electrons. The van der Waals surface area contributed by atoms with E-state index in [-0.39, 0.29) is 11.7 Å². The highest BCUT2D eigenvalue weighted by Gasteiger charge is 2.51. The van der Waals surface area contributed by atoms with Gasteiger partial charge in [0, 0.05) is 30.5 Å². The molecule has 0 unspecified atom stereocenters. The molecule has 31 heavy (non-hydrogen) atoms. The number of benzene rings is 2. The summed E-state index contributed by atoms with van der Waals surface area (Å²) in [6.45, 7) is 2.11. The van der Waals surface area contributed by atoms with Crippen molar-refractivity contribution in [3.8, 4) is 0 Å². The summed E-state index contributed by atoms with van der Waals surface area (Å²) < 4.78 is 13.2. The van der Waals surface area contributed by atoms with Crippen LogP contribution in [0.5, 0.6) is 0 Å². The molecule has 5 rings (SSSR count). The number of hydrogen-bond donors (Lipinski definition) is 2. The Morgan fingerprint density at radius 1 is 0.968 bits per heavy atom. The van der Waals surface area contributed by atoms with Crippen molar-refractivity contribution in [2.75, 3.05) is 28.6 Å².